The van der Waals surface area contributed by atoms with Crippen molar-refractivity contribution >= 4 is 11.9 Å². The lowest BCUT2D eigenvalue weighted by atomic mass is 10.0. The van der Waals surface area contributed by atoms with Gasteiger partial charge in [0.25, 0.3) is 5.91 Å². The number of methoxy groups -OCH3 is 1. The van der Waals surface area contributed by atoms with E-state index >= 15 is 0 Å². The third-order valence-electron chi connectivity index (χ3n) is 3.52. The SMILES string of the molecule is COC(=O)[C@@H](Cc1cccc(C#N)c1)NC(=O)c1c(F)cc(F)cc1F. The Kier molecular flexibility index (Phi) is 5.96. The van der Waals surface area contributed by atoms with Crippen molar-refractivity contribution in [1.29, 1.82) is 5.26 Å². The minimum Gasteiger partial charge on any atom is -0.467 e. The highest BCUT2D eigenvalue weighted by Gasteiger charge is 2.26. The predicted octanol–water partition coefficient (Wildman–Crippen LogP) is 2.49. The van der Waals surface area contributed by atoms with Crippen LogP contribution in [0.3, 0.4) is 0 Å². The number of nitriles is 1. The number of carbonyl (C=O) groups is 2. The van der Waals surface area contributed by atoms with Crippen molar-refractivity contribution in [2.24, 2.45) is 0 Å². The first-order valence-electron chi connectivity index (χ1n) is 7.38. The maximum absolute atomic E-state index is 13.7. The van der Waals surface area contributed by atoms with Crippen LogP contribution in [0.5, 0.6) is 0 Å². The Labute approximate surface area is 147 Å². The fourth-order valence-corrected chi connectivity index (χ4v) is 2.33. The molecule has 0 saturated carbocycles. The van der Waals surface area contributed by atoms with Gasteiger partial charge in [0.15, 0.2) is 0 Å². The number of amides is 1. The first-order valence-corrected chi connectivity index (χ1v) is 7.38. The van der Waals surface area contributed by atoms with E-state index in [0.29, 0.717) is 23.3 Å². The van der Waals surface area contributed by atoms with Gasteiger partial charge < -0.3 is 10.1 Å². The first-order chi connectivity index (χ1) is 12.3. The Morgan fingerprint density at radius 3 is 2.42 bits per heavy atom. The van der Waals surface area contributed by atoms with Crippen LogP contribution in [0.25, 0.3) is 0 Å². The van der Waals surface area contributed by atoms with E-state index in [4.69, 9.17) is 5.26 Å². The average Bonchev–Trinajstić information content (AvgIpc) is 2.59. The third kappa shape index (κ3) is 4.39. The second-order valence-electron chi connectivity index (χ2n) is 5.31. The summed E-state index contributed by atoms with van der Waals surface area (Å²) < 4.78 is 45.0. The minimum absolute atomic E-state index is 0.0711. The minimum atomic E-state index is -1.39. The monoisotopic (exact) mass is 362 g/mol. The second-order valence-corrected chi connectivity index (χ2v) is 5.31. The van der Waals surface area contributed by atoms with Crippen molar-refractivity contribution in [2.75, 3.05) is 7.11 Å². The Bertz CT molecular complexity index is 870. The lowest BCUT2D eigenvalue weighted by Crippen LogP contribution is -2.43. The van der Waals surface area contributed by atoms with E-state index in [1.165, 1.54) is 6.07 Å². The van der Waals surface area contributed by atoms with Gasteiger partial charge in [-0.1, -0.05) is 12.1 Å². The predicted molar refractivity (Wildman–Crippen MR) is 84.4 cm³/mol. The molecule has 5 nitrogen and oxygen atoms in total. The maximum Gasteiger partial charge on any atom is 0.328 e. The first kappa shape index (κ1) is 19.0. The fourth-order valence-electron chi connectivity index (χ4n) is 2.33. The highest BCUT2D eigenvalue weighted by Crippen LogP contribution is 2.16. The van der Waals surface area contributed by atoms with Gasteiger partial charge in [-0.15, -0.1) is 0 Å². The summed E-state index contributed by atoms with van der Waals surface area (Å²) in [7, 11) is 1.09. The Morgan fingerprint density at radius 1 is 1.19 bits per heavy atom. The van der Waals surface area contributed by atoms with Crippen molar-refractivity contribution in [3.8, 4) is 6.07 Å². The molecular formula is C18H13F3N2O3. The van der Waals surface area contributed by atoms with Gasteiger partial charge >= 0.3 is 5.97 Å². The molecule has 0 fully saturated rings. The van der Waals surface area contributed by atoms with Gasteiger partial charge in [-0.2, -0.15) is 5.26 Å². The summed E-state index contributed by atoms with van der Waals surface area (Å²) in [6, 6.07) is 7.65. The normalized spacial score (nSPS) is 11.3. The number of benzene rings is 2. The highest BCUT2D eigenvalue weighted by atomic mass is 19.1. The van der Waals surface area contributed by atoms with Crippen molar-refractivity contribution in [2.45, 2.75) is 12.5 Å². The summed E-state index contributed by atoms with van der Waals surface area (Å²) >= 11 is 0. The summed E-state index contributed by atoms with van der Waals surface area (Å²) in [5.74, 6) is -6.03. The van der Waals surface area contributed by atoms with Crippen molar-refractivity contribution in [3.05, 3.63) is 70.5 Å². The van der Waals surface area contributed by atoms with E-state index < -0.39 is 40.9 Å². The molecule has 0 spiro atoms. The summed E-state index contributed by atoms with van der Waals surface area (Å²) in [6.07, 6.45) is -0.0711. The molecule has 8 heteroatoms. The molecular weight excluding hydrogens is 349 g/mol. The van der Waals surface area contributed by atoms with E-state index in [2.05, 4.69) is 10.1 Å². The van der Waals surface area contributed by atoms with E-state index in [1.807, 2.05) is 6.07 Å². The number of carbonyl (C=O) groups excluding carboxylic acids is 2. The largest absolute Gasteiger partial charge is 0.467 e. The Hall–Kier alpha value is -3.34. The molecule has 1 amide bonds. The summed E-state index contributed by atoms with van der Waals surface area (Å²) in [5, 5.41) is 11.1. The van der Waals surface area contributed by atoms with Crippen molar-refractivity contribution in [3.63, 3.8) is 0 Å². The molecule has 2 aromatic rings. The van der Waals surface area contributed by atoms with Gasteiger partial charge in [-0.05, 0) is 17.7 Å². The molecule has 1 atom stereocenters. The van der Waals surface area contributed by atoms with Crippen LogP contribution >= 0.6 is 0 Å². The maximum atomic E-state index is 13.7. The highest BCUT2D eigenvalue weighted by molar-refractivity contribution is 5.97. The van der Waals surface area contributed by atoms with Crippen LogP contribution in [-0.4, -0.2) is 25.0 Å². The van der Waals surface area contributed by atoms with E-state index in [-0.39, 0.29) is 6.42 Å². The van der Waals surface area contributed by atoms with Crippen molar-refractivity contribution < 1.29 is 27.5 Å². The zero-order valence-electron chi connectivity index (χ0n) is 13.6. The zero-order chi connectivity index (χ0) is 19.3. The molecule has 2 aromatic carbocycles. The molecule has 0 bridgehead atoms. The van der Waals surface area contributed by atoms with Crippen molar-refractivity contribution in [1.82, 2.24) is 5.32 Å². The number of rotatable bonds is 5. The van der Waals surface area contributed by atoms with E-state index in [1.54, 1.807) is 18.2 Å². The standard InChI is InChI=1S/C18H13F3N2O3/c1-26-18(25)15(6-10-3-2-4-11(5-10)9-22)23-17(24)16-13(20)7-12(19)8-14(16)21/h2-5,7-8,15H,6H2,1H3,(H,23,24)/t15-/m1/s1. The van der Waals surface area contributed by atoms with E-state index in [0.717, 1.165) is 7.11 Å². The molecule has 134 valence electrons. The lowest BCUT2D eigenvalue weighted by Gasteiger charge is -2.17. The number of esters is 1. The van der Waals surface area contributed by atoms with Crippen LogP contribution < -0.4 is 5.32 Å². The van der Waals surface area contributed by atoms with Gasteiger partial charge in [0.1, 0.15) is 29.1 Å². The summed E-state index contributed by atoms with van der Waals surface area (Å²) in [4.78, 5) is 24.1. The third-order valence-corrected chi connectivity index (χ3v) is 3.52. The molecule has 0 radical (unpaired) electrons. The molecule has 26 heavy (non-hydrogen) atoms. The van der Waals surface area contributed by atoms with Crippen LogP contribution in [0, 0.1) is 28.8 Å². The molecule has 0 aliphatic heterocycles. The number of ether oxygens (including phenoxy) is 1. The molecule has 0 aliphatic rings. The number of hydrogen-bond acceptors (Lipinski definition) is 4. The number of hydrogen-bond donors (Lipinski definition) is 1. The van der Waals surface area contributed by atoms with Gasteiger partial charge in [-0.25, -0.2) is 18.0 Å². The second kappa shape index (κ2) is 8.16. The number of halogens is 3. The van der Waals surface area contributed by atoms with Crippen LogP contribution in [0.4, 0.5) is 13.2 Å². The summed E-state index contributed by atoms with van der Waals surface area (Å²) in [6.45, 7) is 0. The fraction of sp³-hybridized carbons (Fsp3) is 0.167. The van der Waals surface area contributed by atoms with Gasteiger partial charge in [0.2, 0.25) is 0 Å². The van der Waals surface area contributed by atoms with Crippen LogP contribution in [-0.2, 0) is 16.0 Å². The van der Waals surface area contributed by atoms with Crippen LogP contribution in [0.15, 0.2) is 36.4 Å². The Balaban J connectivity index is 2.27. The average molecular weight is 362 g/mol. The molecule has 2 rings (SSSR count). The molecule has 1 N–H and O–H groups in total. The zero-order valence-corrected chi connectivity index (χ0v) is 13.6. The molecule has 0 saturated heterocycles. The van der Waals surface area contributed by atoms with Gasteiger partial charge in [-0.3, -0.25) is 4.79 Å². The topological polar surface area (TPSA) is 79.2 Å². The molecule has 0 aliphatic carbocycles. The number of nitrogens with zero attached hydrogens (tertiary/aromatic N) is 1. The Morgan fingerprint density at radius 2 is 1.85 bits per heavy atom. The smallest absolute Gasteiger partial charge is 0.328 e. The molecule has 0 unspecified atom stereocenters. The molecule has 0 heterocycles. The quantitative estimate of drug-likeness (QED) is 0.829. The molecule has 0 aromatic heterocycles. The van der Waals surface area contributed by atoms with Crippen LogP contribution in [0.1, 0.15) is 21.5 Å². The lowest BCUT2D eigenvalue weighted by molar-refractivity contribution is -0.142. The van der Waals surface area contributed by atoms with Crippen LogP contribution in [0.2, 0.25) is 0 Å². The van der Waals surface area contributed by atoms with Gasteiger partial charge in [0, 0.05) is 18.6 Å². The number of nitrogens with one attached hydrogen (secondary N) is 1. The van der Waals surface area contributed by atoms with Gasteiger partial charge in [0.05, 0.1) is 18.7 Å². The summed E-state index contributed by atoms with van der Waals surface area (Å²) in [5.41, 5.74) is -0.140. The van der Waals surface area contributed by atoms with E-state index in [9.17, 15) is 22.8 Å².